The van der Waals surface area contributed by atoms with Crippen LogP contribution in [0, 0.1) is 0 Å². The summed E-state index contributed by atoms with van der Waals surface area (Å²) in [6.45, 7) is 5.93. The van der Waals surface area contributed by atoms with Gasteiger partial charge in [-0.05, 0) is 44.9 Å². The zero-order chi connectivity index (χ0) is 13.5. The minimum absolute atomic E-state index is 0.395. The molecule has 106 valence electrons. The summed E-state index contributed by atoms with van der Waals surface area (Å²) >= 11 is 0. The van der Waals surface area contributed by atoms with Crippen LogP contribution in [0.2, 0.25) is 0 Å². The maximum Gasteiger partial charge on any atom is 0.0599 e. The Morgan fingerprint density at radius 1 is 1.42 bits per heavy atom. The quantitative estimate of drug-likeness (QED) is 0.797. The smallest absolute Gasteiger partial charge is 0.0599 e. The van der Waals surface area contributed by atoms with Crippen molar-refractivity contribution in [3.05, 3.63) is 30.1 Å². The molecule has 0 aromatic carbocycles. The zero-order valence-electron chi connectivity index (χ0n) is 11.8. The number of nitrogens with zero attached hydrogens (tertiary/aromatic N) is 2. The van der Waals surface area contributed by atoms with Crippen molar-refractivity contribution in [1.29, 1.82) is 0 Å². The van der Waals surface area contributed by atoms with Gasteiger partial charge >= 0.3 is 0 Å². The van der Waals surface area contributed by atoms with Gasteiger partial charge in [-0.2, -0.15) is 0 Å². The van der Waals surface area contributed by atoms with Gasteiger partial charge in [-0.3, -0.25) is 9.88 Å². The molecule has 2 heterocycles. The van der Waals surface area contributed by atoms with Gasteiger partial charge in [-0.15, -0.1) is 0 Å². The fourth-order valence-corrected chi connectivity index (χ4v) is 2.57. The Morgan fingerprint density at radius 2 is 2.21 bits per heavy atom. The summed E-state index contributed by atoms with van der Waals surface area (Å²) in [5.41, 5.74) is 6.63. The van der Waals surface area contributed by atoms with Crippen LogP contribution in [0.4, 0.5) is 0 Å². The van der Waals surface area contributed by atoms with Crippen LogP contribution in [0.3, 0.4) is 0 Å². The predicted octanol–water partition coefficient (Wildman–Crippen LogP) is 1.97. The molecule has 1 aromatic rings. The number of likely N-dealkylation sites (tertiary alicyclic amines) is 1. The summed E-state index contributed by atoms with van der Waals surface area (Å²) in [5.74, 6) is 0. The lowest BCUT2D eigenvalue weighted by atomic mass is 10.0. The van der Waals surface area contributed by atoms with E-state index in [0.29, 0.717) is 12.1 Å². The van der Waals surface area contributed by atoms with E-state index in [9.17, 15) is 0 Å². The molecular formula is C15H25N3O. The molecule has 1 aliphatic rings. The van der Waals surface area contributed by atoms with Crippen molar-refractivity contribution in [3.8, 4) is 0 Å². The second kappa shape index (κ2) is 7.58. The van der Waals surface area contributed by atoms with Crippen LogP contribution in [0.15, 0.2) is 24.4 Å². The highest BCUT2D eigenvalue weighted by Gasteiger charge is 2.24. The van der Waals surface area contributed by atoms with Crippen molar-refractivity contribution < 1.29 is 4.74 Å². The van der Waals surface area contributed by atoms with E-state index < -0.39 is 0 Å². The van der Waals surface area contributed by atoms with Gasteiger partial charge in [0.25, 0.3) is 0 Å². The first-order chi connectivity index (χ1) is 9.31. The van der Waals surface area contributed by atoms with E-state index in [1.54, 1.807) is 0 Å². The highest BCUT2D eigenvalue weighted by Crippen LogP contribution is 2.23. The Balaban J connectivity index is 1.77. The van der Waals surface area contributed by atoms with Crippen LogP contribution in [0.25, 0.3) is 0 Å². The van der Waals surface area contributed by atoms with Crippen LogP contribution < -0.4 is 5.73 Å². The molecule has 1 fully saturated rings. The Hall–Kier alpha value is -0.970. The molecule has 2 N–H and O–H groups in total. The standard InChI is InChI=1S/C15H25N3O/c1-13(15-5-2-3-9-17-15)18-10-6-14(7-11-18)19-12-4-8-16/h2-3,5,9,13-14H,4,6-8,10-12,16H2,1H3. The summed E-state index contributed by atoms with van der Waals surface area (Å²) in [6.07, 6.45) is 5.47. The van der Waals surface area contributed by atoms with Crippen LogP contribution in [0.5, 0.6) is 0 Å². The van der Waals surface area contributed by atoms with Crippen molar-refractivity contribution >= 4 is 0 Å². The molecule has 0 bridgehead atoms. The molecule has 4 heteroatoms. The first-order valence-electron chi connectivity index (χ1n) is 7.28. The van der Waals surface area contributed by atoms with E-state index in [-0.39, 0.29) is 0 Å². The van der Waals surface area contributed by atoms with Gasteiger partial charge in [0.05, 0.1) is 11.8 Å². The lowest BCUT2D eigenvalue weighted by Crippen LogP contribution is -2.38. The number of rotatable bonds is 6. The van der Waals surface area contributed by atoms with Crippen LogP contribution in [-0.4, -0.2) is 42.2 Å². The third kappa shape index (κ3) is 4.27. The van der Waals surface area contributed by atoms with Gasteiger partial charge in [0, 0.05) is 31.9 Å². The van der Waals surface area contributed by atoms with E-state index in [1.165, 1.54) is 0 Å². The molecule has 0 saturated carbocycles. The minimum Gasteiger partial charge on any atom is -0.378 e. The summed E-state index contributed by atoms with van der Waals surface area (Å²) in [7, 11) is 0. The number of ether oxygens (including phenoxy) is 1. The third-order valence-corrected chi connectivity index (χ3v) is 3.84. The lowest BCUT2D eigenvalue weighted by molar-refractivity contribution is -0.00112. The predicted molar refractivity (Wildman–Crippen MR) is 76.9 cm³/mol. The van der Waals surface area contributed by atoms with E-state index in [1.807, 2.05) is 12.3 Å². The Morgan fingerprint density at radius 3 is 2.84 bits per heavy atom. The highest BCUT2D eigenvalue weighted by atomic mass is 16.5. The van der Waals surface area contributed by atoms with E-state index >= 15 is 0 Å². The number of aromatic nitrogens is 1. The van der Waals surface area contributed by atoms with Crippen LogP contribution >= 0.6 is 0 Å². The maximum absolute atomic E-state index is 5.83. The van der Waals surface area contributed by atoms with Crippen LogP contribution in [-0.2, 0) is 4.74 Å². The average molecular weight is 263 g/mol. The lowest BCUT2D eigenvalue weighted by Gasteiger charge is -2.35. The number of piperidine rings is 1. The molecule has 1 saturated heterocycles. The number of pyridine rings is 1. The van der Waals surface area contributed by atoms with Crippen molar-refractivity contribution in [2.45, 2.75) is 38.3 Å². The SMILES string of the molecule is CC(c1ccccn1)N1CCC(OCCCN)CC1. The summed E-state index contributed by atoms with van der Waals surface area (Å²) < 4.78 is 5.83. The third-order valence-electron chi connectivity index (χ3n) is 3.84. The number of nitrogens with two attached hydrogens (primary N) is 1. The second-order valence-electron chi connectivity index (χ2n) is 5.18. The van der Waals surface area contributed by atoms with E-state index in [0.717, 1.165) is 51.2 Å². The van der Waals surface area contributed by atoms with Crippen molar-refractivity contribution in [2.75, 3.05) is 26.2 Å². The monoisotopic (exact) mass is 263 g/mol. The molecule has 1 unspecified atom stereocenters. The van der Waals surface area contributed by atoms with Crippen molar-refractivity contribution in [3.63, 3.8) is 0 Å². The molecule has 0 amide bonds. The highest BCUT2D eigenvalue weighted by molar-refractivity contribution is 5.08. The van der Waals surface area contributed by atoms with Crippen molar-refractivity contribution in [1.82, 2.24) is 9.88 Å². The molecule has 4 nitrogen and oxygen atoms in total. The van der Waals surface area contributed by atoms with Gasteiger partial charge in [-0.25, -0.2) is 0 Å². The molecule has 2 rings (SSSR count). The molecule has 1 aromatic heterocycles. The van der Waals surface area contributed by atoms with Gasteiger partial charge in [0.1, 0.15) is 0 Å². The molecule has 0 radical (unpaired) electrons. The summed E-state index contributed by atoms with van der Waals surface area (Å²) in [6, 6.07) is 6.52. The molecule has 0 spiro atoms. The zero-order valence-corrected chi connectivity index (χ0v) is 11.8. The van der Waals surface area contributed by atoms with Gasteiger partial charge in [0.15, 0.2) is 0 Å². The average Bonchev–Trinajstić information content (AvgIpc) is 2.48. The molecule has 1 atom stereocenters. The van der Waals surface area contributed by atoms with Gasteiger partial charge < -0.3 is 10.5 Å². The maximum atomic E-state index is 5.83. The summed E-state index contributed by atoms with van der Waals surface area (Å²) in [5, 5.41) is 0. The van der Waals surface area contributed by atoms with Gasteiger partial charge in [0.2, 0.25) is 0 Å². The second-order valence-corrected chi connectivity index (χ2v) is 5.18. The Kier molecular flexibility index (Phi) is 5.76. The topological polar surface area (TPSA) is 51.4 Å². The normalized spacial score (nSPS) is 19.5. The molecule has 19 heavy (non-hydrogen) atoms. The first-order valence-corrected chi connectivity index (χ1v) is 7.28. The van der Waals surface area contributed by atoms with Crippen LogP contribution in [0.1, 0.15) is 37.9 Å². The van der Waals surface area contributed by atoms with Gasteiger partial charge in [-0.1, -0.05) is 6.07 Å². The Bertz CT molecular complexity index is 350. The first kappa shape index (κ1) is 14.4. The molecular weight excluding hydrogens is 238 g/mol. The fraction of sp³-hybridized carbons (Fsp3) is 0.667. The van der Waals surface area contributed by atoms with E-state index in [2.05, 4.69) is 28.9 Å². The van der Waals surface area contributed by atoms with Crippen molar-refractivity contribution in [2.24, 2.45) is 5.73 Å². The fourth-order valence-electron chi connectivity index (χ4n) is 2.57. The number of hydrogen-bond acceptors (Lipinski definition) is 4. The molecule has 1 aliphatic heterocycles. The minimum atomic E-state index is 0.395. The number of hydrogen-bond donors (Lipinski definition) is 1. The molecule has 0 aliphatic carbocycles. The largest absolute Gasteiger partial charge is 0.378 e. The summed E-state index contributed by atoms with van der Waals surface area (Å²) in [4.78, 5) is 6.94. The Labute approximate surface area is 116 Å². The van der Waals surface area contributed by atoms with E-state index in [4.69, 9.17) is 10.5 Å².